The SMILES string of the molecule is NC(N)=NCCCC(NC(=O)C(Cc1ccccc1)NC(=O)C1CCCN1)C(=O)N1CCCC1C(=O)O. The Labute approximate surface area is 216 Å². The van der Waals surface area contributed by atoms with Gasteiger partial charge in [-0.05, 0) is 50.6 Å². The number of nitrogens with zero attached hydrogens (tertiary/aromatic N) is 2. The summed E-state index contributed by atoms with van der Waals surface area (Å²) in [5.74, 6) is -2.40. The Hall–Kier alpha value is -3.67. The summed E-state index contributed by atoms with van der Waals surface area (Å²) in [6.45, 7) is 1.29. The Kier molecular flexibility index (Phi) is 10.2. The van der Waals surface area contributed by atoms with Crippen molar-refractivity contribution in [2.75, 3.05) is 19.6 Å². The molecule has 12 nitrogen and oxygen atoms in total. The minimum absolute atomic E-state index is 0.0800. The van der Waals surface area contributed by atoms with Crippen molar-refractivity contribution in [1.82, 2.24) is 20.9 Å². The Morgan fingerprint density at radius 2 is 1.84 bits per heavy atom. The molecule has 12 heteroatoms. The van der Waals surface area contributed by atoms with E-state index in [-0.39, 0.29) is 37.3 Å². The van der Waals surface area contributed by atoms with Gasteiger partial charge in [-0.2, -0.15) is 0 Å². The van der Waals surface area contributed by atoms with E-state index in [1.165, 1.54) is 4.90 Å². The van der Waals surface area contributed by atoms with Crippen LogP contribution in [0.5, 0.6) is 0 Å². The molecule has 1 aromatic rings. The number of guanidine groups is 1. The third-order valence-electron chi connectivity index (χ3n) is 6.67. The van der Waals surface area contributed by atoms with Crippen LogP contribution in [0.1, 0.15) is 44.1 Å². The van der Waals surface area contributed by atoms with Gasteiger partial charge < -0.3 is 37.4 Å². The molecule has 0 aliphatic carbocycles. The third kappa shape index (κ3) is 8.17. The third-order valence-corrected chi connectivity index (χ3v) is 6.67. The van der Waals surface area contributed by atoms with E-state index in [0.29, 0.717) is 32.2 Å². The summed E-state index contributed by atoms with van der Waals surface area (Å²) in [6.07, 6.45) is 3.32. The number of carbonyl (C=O) groups excluding carboxylic acids is 3. The first-order valence-corrected chi connectivity index (χ1v) is 12.7. The molecular formula is C25H37N7O5. The number of carbonyl (C=O) groups is 4. The van der Waals surface area contributed by atoms with Crippen LogP contribution >= 0.6 is 0 Å². The molecule has 0 bridgehead atoms. The Morgan fingerprint density at radius 3 is 2.49 bits per heavy atom. The van der Waals surface area contributed by atoms with E-state index in [4.69, 9.17) is 11.5 Å². The number of amides is 3. The van der Waals surface area contributed by atoms with Gasteiger partial charge in [0.25, 0.3) is 0 Å². The van der Waals surface area contributed by atoms with E-state index in [2.05, 4.69) is 20.9 Å². The predicted octanol–water partition coefficient (Wildman–Crippen LogP) is -0.920. The molecular weight excluding hydrogens is 478 g/mol. The maximum Gasteiger partial charge on any atom is 0.326 e. The first-order chi connectivity index (χ1) is 17.8. The number of aliphatic imine (C=N–C) groups is 1. The van der Waals surface area contributed by atoms with Gasteiger partial charge in [-0.15, -0.1) is 0 Å². The summed E-state index contributed by atoms with van der Waals surface area (Å²) in [5, 5.41) is 18.3. The zero-order chi connectivity index (χ0) is 26.8. The number of benzene rings is 1. The average molecular weight is 516 g/mol. The van der Waals surface area contributed by atoms with Gasteiger partial charge in [0.15, 0.2) is 5.96 Å². The number of nitrogens with one attached hydrogen (secondary N) is 3. The van der Waals surface area contributed by atoms with E-state index in [0.717, 1.165) is 18.5 Å². The van der Waals surface area contributed by atoms with Crippen LogP contribution in [-0.2, 0) is 25.6 Å². The van der Waals surface area contributed by atoms with Crippen LogP contribution in [0.3, 0.4) is 0 Å². The maximum atomic E-state index is 13.5. The topological polar surface area (TPSA) is 192 Å². The van der Waals surface area contributed by atoms with Gasteiger partial charge in [0.05, 0.1) is 6.04 Å². The zero-order valence-electron chi connectivity index (χ0n) is 20.9. The molecule has 0 spiro atoms. The number of carboxylic acid groups (broad SMARTS) is 1. The monoisotopic (exact) mass is 515 g/mol. The quantitative estimate of drug-likeness (QED) is 0.117. The van der Waals surface area contributed by atoms with Crippen molar-refractivity contribution in [3.05, 3.63) is 35.9 Å². The van der Waals surface area contributed by atoms with Gasteiger partial charge in [-0.25, -0.2) is 4.79 Å². The lowest BCUT2D eigenvalue weighted by molar-refractivity contribution is -0.149. The minimum atomic E-state index is -1.07. The number of hydrogen-bond donors (Lipinski definition) is 6. The van der Waals surface area contributed by atoms with E-state index in [9.17, 15) is 24.3 Å². The second-order valence-corrected chi connectivity index (χ2v) is 9.44. The van der Waals surface area contributed by atoms with Crippen molar-refractivity contribution in [2.24, 2.45) is 16.5 Å². The second kappa shape index (κ2) is 13.6. The largest absolute Gasteiger partial charge is 0.480 e. The summed E-state index contributed by atoms with van der Waals surface area (Å²) < 4.78 is 0. The van der Waals surface area contributed by atoms with Gasteiger partial charge in [-0.3, -0.25) is 19.4 Å². The van der Waals surface area contributed by atoms with Crippen LogP contribution in [0.2, 0.25) is 0 Å². The molecule has 37 heavy (non-hydrogen) atoms. The molecule has 2 aliphatic rings. The fraction of sp³-hybridized carbons (Fsp3) is 0.560. The average Bonchev–Trinajstić information content (AvgIpc) is 3.58. The van der Waals surface area contributed by atoms with Gasteiger partial charge in [0.1, 0.15) is 18.1 Å². The molecule has 2 aliphatic heterocycles. The summed E-state index contributed by atoms with van der Waals surface area (Å²) in [7, 11) is 0. The standard InChI is InChI=1S/C25H37N7O5/c26-25(27)29-13-5-10-18(23(35)32-14-6-11-20(32)24(36)37)30-22(34)19(15-16-7-2-1-3-8-16)31-21(33)17-9-4-12-28-17/h1-3,7-8,17-20,28H,4-6,9-15H2,(H,30,34)(H,31,33)(H,36,37)(H4,26,27,29). The molecule has 0 saturated carbocycles. The molecule has 4 unspecified atom stereocenters. The molecule has 3 rings (SSSR count). The number of carboxylic acids is 1. The molecule has 3 amide bonds. The van der Waals surface area contributed by atoms with Crippen LogP contribution in [-0.4, -0.2) is 83.5 Å². The van der Waals surface area contributed by atoms with E-state index >= 15 is 0 Å². The first-order valence-electron chi connectivity index (χ1n) is 12.7. The summed E-state index contributed by atoms with van der Waals surface area (Å²) >= 11 is 0. The molecule has 1 aromatic carbocycles. The summed E-state index contributed by atoms with van der Waals surface area (Å²) in [4.78, 5) is 56.6. The number of hydrogen-bond acceptors (Lipinski definition) is 6. The lowest BCUT2D eigenvalue weighted by Gasteiger charge is -2.29. The van der Waals surface area contributed by atoms with Gasteiger partial charge >= 0.3 is 5.97 Å². The van der Waals surface area contributed by atoms with Crippen LogP contribution in [0.15, 0.2) is 35.3 Å². The van der Waals surface area contributed by atoms with E-state index in [1.807, 2.05) is 30.3 Å². The fourth-order valence-corrected chi connectivity index (χ4v) is 4.76. The van der Waals surface area contributed by atoms with Crippen molar-refractivity contribution in [3.63, 3.8) is 0 Å². The molecule has 0 radical (unpaired) electrons. The lowest BCUT2D eigenvalue weighted by Crippen LogP contribution is -2.57. The van der Waals surface area contributed by atoms with E-state index < -0.39 is 35.9 Å². The minimum Gasteiger partial charge on any atom is -0.480 e. The highest BCUT2D eigenvalue weighted by Gasteiger charge is 2.38. The maximum absolute atomic E-state index is 13.5. The summed E-state index contributed by atoms with van der Waals surface area (Å²) in [5.41, 5.74) is 11.6. The number of likely N-dealkylation sites (tertiary alicyclic amines) is 1. The second-order valence-electron chi connectivity index (χ2n) is 9.44. The number of aliphatic carboxylic acids is 1. The van der Waals surface area contributed by atoms with Crippen LogP contribution in [0, 0.1) is 0 Å². The summed E-state index contributed by atoms with van der Waals surface area (Å²) in [6, 6.07) is 6.07. The molecule has 2 heterocycles. The Bertz CT molecular complexity index is 977. The number of rotatable bonds is 12. The molecule has 4 atom stereocenters. The molecule has 0 aromatic heterocycles. The van der Waals surface area contributed by atoms with Crippen molar-refractivity contribution in [3.8, 4) is 0 Å². The molecule has 202 valence electrons. The smallest absolute Gasteiger partial charge is 0.326 e. The normalized spacial score (nSPS) is 20.6. The van der Waals surface area contributed by atoms with Gasteiger partial charge in [0, 0.05) is 19.5 Å². The fourth-order valence-electron chi connectivity index (χ4n) is 4.76. The van der Waals surface area contributed by atoms with Crippen molar-refractivity contribution < 1.29 is 24.3 Å². The molecule has 2 saturated heterocycles. The number of nitrogens with two attached hydrogens (primary N) is 2. The van der Waals surface area contributed by atoms with Crippen molar-refractivity contribution in [2.45, 2.75) is 69.1 Å². The highest BCUT2D eigenvalue weighted by Crippen LogP contribution is 2.20. The van der Waals surface area contributed by atoms with Gasteiger partial charge in [0.2, 0.25) is 17.7 Å². The predicted molar refractivity (Wildman–Crippen MR) is 137 cm³/mol. The van der Waals surface area contributed by atoms with Crippen molar-refractivity contribution >= 4 is 29.7 Å². The van der Waals surface area contributed by atoms with Crippen LogP contribution in [0.25, 0.3) is 0 Å². The Balaban J connectivity index is 1.77. The Morgan fingerprint density at radius 1 is 1.08 bits per heavy atom. The lowest BCUT2D eigenvalue weighted by atomic mass is 10.0. The van der Waals surface area contributed by atoms with Crippen molar-refractivity contribution in [1.29, 1.82) is 0 Å². The molecule has 8 N–H and O–H groups in total. The van der Waals surface area contributed by atoms with Gasteiger partial charge in [-0.1, -0.05) is 30.3 Å². The highest BCUT2D eigenvalue weighted by molar-refractivity contribution is 5.94. The zero-order valence-corrected chi connectivity index (χ0v) is 20.9. The highest BCUT2D eigenvalue weighted by atomic mass is 16.4. The van der Waals surface area contributed by atoms with Crippen LogP contribution in [0.4, 0.5) is 0 Å². The van der Waals surface area contributed by atoms with Crippen LogP contribution < -0.4 is 27.4 Å². The molecule has 2 fully saturated rings. The first kappa shape index (κ1) is 27.9. The van der Waals surface area contributed by atoms with E-state index in [1.54, 1.807) is 0 Å².